The molecular weight excluding hydrogens is 795 g/mol. The lowest BCUT2D eigenvalue weighted by Gasteiger charge is -2.28. The van der Waals surface area contributed by atoms with Crippen molar-refractivity contribution in [2.75, 3.05) is 4.90 Å². The second-order valence-corrected chi connectivity index (χ2v) is 18.3. The molecule has 61 heavy (non-hydrogen) atoms. The number of nitrogens with zero attached hydrogens (tertiary/aromatic N) is 1. The molecule has 4 heteroatoms. The van der Waals surface area contributed by atoms with E-state index in [0.717, 1.165) is 0 Å². The summed E-state index contributed by atoms with van der Waals surface area (Å²) in [6.45, 7) is 14.8. The van der Waals surface area contributed by atoms with Crippen LogP contribution in [-0.2, 0) is 0 Å². The highest BCUT2D eigenvalue weighted by molar-refractivity contribution is 7.26. The standard InChI is InChI=1S/C29H25NS.2C13H10S.C2H6/c1-4-11-23-20(2)12-9-17-25(23)30(22-14-6-5-7-15-22)26-18-10-19-27-28(26)24-16-8-13-21(3)29(24)31-27;1-9-6-7-13-11(8-9)10-4-2-3-5-12(10)14-13;1-9-6-7-11-10-4-2-3-5-12(10)14-13(11)8-9;1-2/h4-19H,1-3H3;2*2-8H,1H3;1-2H3/b11-4-;;;. The number of thiophene rings is 3. The summed E-state index contributed by atoms with van der Waals surface area (Å²) in [5.41, 5.74) is 10.1. The first-order chi connectivity index (χ1) is 29.9. The van der Waals surface area contributed by atoms with Crippen LogP contribution >= 0.6 is 34.0 Å². The summed E-state index contributed by atoms with van der Waals surface area (Å²) in [7, 11) is 0. The van der Waals surface area contributed by atoms with Gasteiger partial charge in [0.15, 0.2) is 0 Å². The van der Waals surface area contributed by atoms with Gasteiger partial charge in [0.1, 0.15) is 0 Å². The number of para-hydroxylation sites is 1. The molecule has 0 aliphatic carbocycles. The van der Waals surface area contributed by atoms with Gasteiger partial charge in [-0.3, -0.25) is 0 Å². The Morgan fingerprint density at radius 3 is 1.70 bits per heavy atom. The van der Waals surface area contributed by atoms with E-state index in [1.165, 1.54) is 105 Å². The van der Waals surface area contributed by atoms with E-state index in [1.807, 2.05) is 47.9 Å². The minimum Gasteiger partial charge on any atom is -0.309 e. The zero-order valence-electron chi connectivity index (χ0n) is 36.0. The number of anilines is 3. The van der Waals surface area contributed by atoms with Crippen molar-refractivity contribution in [3.8, 4) is 0 Å². The van der Waals surface area contributed by atoms with Crippen molar-refractivity contribution in [2.24, 2.45) is 0 Å². The lowest BCUT2D eigenvalue weighted by Crippen LogP contribution is -2.12. The van der Waals surface area contributed by atoms with Crippen molar-refractivity contribution in [2.45, 2.75) is 48.5 Å². The van der Waals surface area contributed by atoms with Crippen LogP contribution in [0.4, 0.5) is 17.1 Å². The largest absolute Gasteiger partial charge is 0.309 e. The maximum absolute atomic E-state index is 2.42. The second kappa shape index (κ2) is 18.7. The molecule has 3 heterocycles. The molecule has 0 aliphatic heterocycles. The van der Waals surface area contributed by atoms with Crippen molar-refractivity contribution in [1.29, 1.82) is 0 Å². The summed E-state index contributed by atoms with van der Waals surface area (Å²) in [5.74, 6) is 0. The summed E-state index contributed by atoms with van der Waals surface area (Å²) in [6, 6.07) is 61.1. The highest BCUT2D eigenvalue weighted by atomic mass is 32.1. The number of benzene rings is 8. The summed E-state index contributed by atoms with van der Waals surface area (Å²) in [4.78, 5) is 2.42. The van der Waals surface area contributed by atoms with E-state index in [0.29, 0.717) is 0 Å². The van der Waals surface area contributed by atoms with E-state index in [9.17, 15) is 0 Å². The maximum atomic E-state index is 2.42. The number of rotatable bonds is 4. The molecule has 8 aromatic carbocycles. The van der Waals surface area contributed by atoms with Gasteiger partial charge in [-0.2, -0.15) is 0 Å². The molecule has 0 amide bonds. The van der Waals surface area contributed by atoms with Gasteiger partial charge >= 0.3 is 0 Å². The molecule has 0 atom stereocenters. The van der Waals surface area contributed by atoms with E-state index in [2.05, 4.69) is 222 Å². The molecule has 0 N–H and O–H groups in total. The van der Waals surface area contributed by atoms with Crippen LogP contribution in [0.2, 0.25) is 0 Å². The van der Waals surface area contributed by atoms with Crippen molar-refractivity contribution >= 4 is 118 Å². The average Bonchev–Trinajstić information content (AvgIpc) is 3.98. The van der Waals surface area contributed by atoms with Gasteiger partial charge in [-0.05, 0) is 112 Å². The molecule has 11 rings (SSSR count). The van der Waals surface area contributed by atoms with Crippen LogP contribution in [0.5, 0.6) is 0 Å². The van der Waals surface area contributed by atoms with Crippen LogP contribution in [-0.4, -0.2) is 0 Å². The van der Waals surface area contributed by atoms with Crippen LogP contribution < -0.4 is 4.90 Å². The molecule has 0 unspecified atom stereocenters. The number of aryl methyl sites for hydroxylation is 4. The predicted molar refractivity (Wildman–Crippen MR) is 278 cm³/mol. The Bertz CT molecular complexity index is 3280. The first-order valence-corrected chi connectivity index (χ1v) is 23.6. The van der Waals surface area contributed by atoms with E-state index >= 15 is 0 Å². The summed E-state index contributed by atoms with van der Waals surface area (Å²) in [6.07, 6.45) is 4.34. The molecule has 0 saturated carbocycles. The number of fused-ring (bicyclic) bond motifs is 9. The van der Waals surface area contributed by atoms with Crippen molar-refractivity contribution in [1.82, 2.24) is 0 Å². The van der Waals surface area contributed by atoms with Crippen molar-refractivity contribution in [3.63, 3.8) is 0 Å². The Labute approximate surface area is 372 Å². The molecule has 11 aromatic rings. The monoisotopic (exact) mass is 845 g/mol. The lowest BCUT2D eigenvalue weighted by molar-refractivity contribution is 1.27. The number of hydrogen-bond acceptors (Lipinski definition) is 4. The van der Waals surface area contributed by atoms with E-state index in [4.69, 9.17) is 0 Å². The normalized spacial score (nSPS) is 11.1. The zero-order valence-corrected chi connectivity index (χ0v) is 38.4. The van der Waals surface area contributed by atoms with E-state index in [1.54, 1.807) is 0 Å². The van der Waals surface area contributed by atoms with Gasteiger partial charge in [0, 0.05) is 71.8 Å². The molecule has 3 aromatic heterocycles. The first kappa shape index (κ1) is 41.7. The SMILES string of the molecule is C/C=C\c1c(C)cccc1N(c1ccccc1)c1cccc2sc3c(C)cccc3c12.CC.Cc1ccc2c(c1)sc1ccccc12.Cc1ccc2sc3ccccc3c2c1. The molecule has 0 aliphatic rings. The van der Waals surface area contributed by atoms with Gasteiger partial charge in [-0.1, -0.05) is 141 Å². The average molecular weight is 846 g/mol. The molecule has 1 nitrogen and oxygen atoms in total. The zero-order chi connectivity index (χ0) is 42.5. The Kier molecular flexibility index (Phi) is 12.8. The second-order valence-electron chi connectivity index (χ2n) is 15.1. The fraction of sp³-hybridized carbons (Fsp3) is 0.123. The Morgan fingerprint density at radius 2 is 0.951 bits per heavy atom. The van der Waals surface area contributed by atoms with Crippen LogP contribution in [0.15, 0.2) is 176 Å². The molecule has 0 fully saturated rings. The van der Waals surface area contributed by atoms with Crippen LogP contribution in [0.25, 0.3) is 66.6 Å². The highest BCUT2D eigenvalue weighted by Gasteiger charge is 2.20. The van der Waals surface area contributed by atoms with Gasteiger partial charge in [0.05, 0.1) is 11.4 Å². The topological polar surface area (TPSA) is 3.24 Å². The van der Waals surface area contributed by atoms with Gasteiger partial charge in [-0.15, -0.1) is 34.0 Å². The smallest absolute Gasteiger partial charge is 0.0555 e. The molecule has 0 saturated heterocycles. The Morgan fingerprint density at radius 1 is 0.410 bits per heavy atom. The van der Waals surface area contributed by atoms with Gasteiger partial charge in [0.2, 0.25) is 0 Å². The Hall–Kier alpha value is -6.04. The quantitative estimate of drug-likeness (QED) is 0.171. The summed E-state index contributed by atoms with van der Waals surface area (Å²) in [5, 5.41) is 8.20. The van der Waals surface area contributed by atoms with Crippen LogP contribution in [0.1, 0.15) is 48.6 Å². The van der Waals surface area contributed by atoms with Crippen LogP contribution in [0.3, 0.4) is 0 Å². The molecule has 0 bridgehead atoms. The van der Waals surface area contributed by atoms with Gasteiger partial charge in [-0.25, -0.2) is 0 Å². The minimum atomic E-state index is 1.17. The third kappa shape index (κ3) is 8.49. The molecule has 302 valence electrons. The van der Waals surface area contributed by atoms with Gasteiger partial charge < -0.3 is 4.90 Å². The number of hydrogen-bond donors (Lipinski definition) is 0. The van der Waals surface area contributed by atoms with Gasteiger partial charge in [0.25, 0.3) is 0 Å². The summed E-state index contributed by atoms with van der Waals surface area (Å²) >= 11 is 5.63. The lowest BCUT2D eigenvalue weighted by atomic mass is 10.0. The Balaban J connectivity index is 0.000000141. The predicted octanol–water partition coefficient (Wildman–Crippen LogP) is 18.9. The van der Waals surface area contributed by atoms with E-state index in [-0.39, 0.29) is 0 Å². The molecule has 0 radical (unpaired) electrons. The third-order valence-electron chi connectivity index (χ3n) is 10.9. The molecular formula is C57H51NS3. The molecule has 0 spiro atoms. The minimum absolute atomic E-state index is 1.17. The van der Waals surface area contributed by atoms with Crippen molar-refractivity contribution in [3.05, 3.63) is 204 Å². The van der Waals surface area contributed by atoms with E-state index < -0.39 is 0 Å². The highest BCUT2D eigenvalue weighted by Crippen LogP contribution is 2.46. The first-order valence-electron chi connectivity index (χ1n) is 21.1. The number of allylic oxidation sites excluding steroid dienone is 1. The fourth-order valence-electron chi connectivity index (χ4n) is 8.06. The maximum Gasteiger partial charge on any atom is 0.0555 e. The van der Waals surface area contributed by atoms with Crippen LogP contribution in [0, 0.1) is 27.7 Å². The summed E-state index contributed by atoms with van der Waals surface area (Å²) < 4.78 is 8.24. The third-order valence-corrected chi connectivity index (χ3v) is 14.5. The van der Waals surface area contributed by atoms with Crippen molar-refractivity contribution < 1.29 is 0 Å². The fourth-order valence-corrected chi connectivity index (χ4v) is 11.5.